The van der Waals surface area contributed by atoms with Gasteiger partial charge in [-0.15, -0.1) is 0 Å². The van der Waals surface area contributed by atoms with Crippen LogP contribution in [0, 0.1) is 0 Å². The Kier molecular flexibility index (Phi) is 5.33. The number of thioether (sulfide) groups is 1. The third-order valence-corrected chi connectivity index (χ3v) is 3.89. The predicted octanol–water partition coefficient (Wildman–Crippen LogP) is 2.32. The minimum absolute atomic E-state index is 0.0106. The van der Waals surface area contributed by atoms with Crippen LogP contribution in [0.3, 0.4) is 0 Å². The van der Waals surface area contributed by atoms with Crippen molar-refractivity contribution in [3.8, 4) is 0 Å². The Labute approximate surface area is 120 Å². The molecule has 2 atom stereocenters. The fourth-order valence-electron chi connectivity index (χ4n) is 2.07. The van der Waals surface area contributed by atoms with E-state index in [4.69, 9.17) is 4.74 Å². The van der Waals surface area contributed by atoms with Crippen molar-refractivity contribution in [3.05, 3.63) is 24.3 Å². The first-order valence-electron chi connectivity index (χ1n) is 6.21. The van der Waals surface area contributed by atoms with Crippen LogP contribution in [0.1, 0.15) is 6.42 Å². The van der Waals surface area contributed by atoms with Gasteiger partial charge in [-0.2, -0.15) is 8.78 Å². The minimum atomic E-state index is -2.52. The summed E-state index contributed by atoms with van der Waals surface area (Å²) in [5, 5.41) is 5.74. The average Bonchev–Trinajstić information content (AvgIpc) is 2.89. The second-order valence-electron chi connectivity index (χ2n) is 4.42. The minimum Gasteiger partial charge on any atom is -0.380 e. The fourth-order valence-corrected chi connectivity index (χ4v) is 2.67. The van der Waals surface area contributed by atoms with Crippen molar-refractivity contribution in [2.24, 2.45) is 0 Å². The van der Waals surface area contributed by atoms with E-state index in [1.165, 1.54) is 0 Å². The van der Waals surface area contributed by atoms with Crippen molar-refractivity contribution in [2.75, 3.05) is 19.0 Å². The molecule has 4 nitrogen and oxygen atoms in total. The summed E-state index contributed by atoms with van der Waals surface area (Å²) in [6.45, 7) is 0.613. The number of alkyl halides is 2. The van der Waals surface area contributed by atoms with Gasteiger partial charge < -0.3 is 15.4 Å². The summed E-state index contributed by atoms with van der Waals surface area (Å²) in [6.07, 6.45) is 0.586. The fraction of sp³-hybridized carbons (Fsp3) is 0.462. The first-order valence-corrected chi connectivity index (χ1v) is 7.09. The van der Waals surface area contributed by atoms with Crippen LogP contribution in [0.4, 0.5) is 14.5 Å². The van der Waals surface area contributed by atoms with Gasteiger partial charge in [0.05, 0.1) is 17.8 Å². The molecule has 1 amide bonds. The number of halogens is 2. The molecule has 0 spiro atoms. The summed E-state index contributed by atoms with van der Waals surface area (Å²) in [5.74, 6) is -2.75. The van der Waals surface area contributed by atoms with Gasteiger partial charge in [-0.25, -0.2) is 0 Å². The van der Waals surface area contributed by atoms with Crippen LogP contribution in [0.25, 0.3) is 0 Å². The van der Waals surface area contributed by atoms with Gasteiger partial charge in [0.15, 0.2) is 0 Å². The van der Waals surface area contributed by atoms with Crippen LogP contribution < -0.4 is 10.6 Å². The topological polar surface area (TPSA) is 50.4 Å². The Morgan fingerprint density at radius 1 is 1.50 bits per heavy atom. The first kappa shape index (κ1) is 15.2. The summed E-state index contributed by atoms with van der Waals surface area (Å²) >= 11 is 0.421. The summed E-state index contributed by atoms with van der Waals surface area (Å²) in [6, 6.07) is 6.18. The standard InChI is InChI=1S/C13H16F2N2O2S/c1-19-8-6-10(16-7-8)12(18)17-9-4-2-3-5-11(9)20-13(14)15/h2-5,8,10,13,16H,6-7H2,1H3,(H,17,18). The highest BCUT2D eigenvalue weighted by Gasteiger charge is 2.29. The van der Waals surface area contributed by atoms with E-state index in [2.05, 4.69) is 10.6 Å². The maximum absolute atomic E-state index is 12.5. The van der Waals surface area contributed by atoms with Crippen molar-refractivity contribution < 1.29 is 18.3 Å². The van der Waals surface area contributed by atoms with Crippen molar-refractivity contribution in [2.45, 2.75) is 29.2 Å². The van der Waals surface area contributed by atoms with E-state index in [0.29, 0.717) is 35.3 Å². The van der Waals surface area contributed by atoms with Gasteiger partial charge in [0.2, 0.25) is 5.91 Å². The highest BCUT2D eigenvalue weighted by atomic mass is 32.2. The summed E-state index contributed by atoms with van der Waals surface area (Å²) in [4.78, 5) is 12.4. The molecule has 2 rings (SSSR count). The molecule has 1 saturated heterocycles. The van der Waals surface area contributed by atoms with Crippen LogP contribution in [-0.2, 0) is 9.53 Å². The largest absolute Gasteiger partial charge is 0.380 e. The number of hydrogen-bond acceptors (Lipinski definition) is 4. The maximum atomic E-state index is 12.5. The second kappa shape index (κ2) is 7.01. The number of hydrogen-bond donors (Lipinski definition) is 2. The highest BCUT2D eigenvalue weighted by Crippen LogP contribution is 2.31. The van der Waals surface area contributed by atoms with Crippen molar-refractivity contribution in [1.82, 2.24) is 5.32 Å². The van der Waals surface area contributed by atoms with E-state index in [-0.39, 0.29) is 18.1 Å². The van der Waals surface area contributed by atoms with Gasteiger partial charge in [0, 0.05) is 18.6 Å². The number of para-hydroxylation sites is 1. The summed E-state index contributed by atoms with van der Waals surface area (Å²) in [5.41, 5.74) is 0.408. The molecule has 1 aromatic carbocycles. The molecule has 1 aliphatic heterocycles. The Hall–Kier alpha value is -1.18. The lowest BCUT2D eigenvalue weighted by Gasteiger charge is -2.14. The van der Waals surface area contributed by atoms with Gasteiger partial charge in [-0.1, -0.05) is 23.9 Å². The molecule has 1 heterocycles. The third kappa shape index (κ3) is 3.91. The predicted molar refractivity (Wildman–Crippen MR) is 74.1 cm³/mol. The monoisotopic (exact) mass is 302 g/mol. The Morgan fingerprint density at radius 3 is 2.90 bits per heavy atom. The lowest BCUT2D eigenvalue weighted by atomic mass is 10.2. The molecule has 0 aliphatic carbocycles. The molecule has 110 valence electrons. The number of benzene rings is 1. The molecule has 0 bridgehead atoms. The number of anilines is 1. The third-order valence-electron chi connectivity index (χ3n) is 3.10. The van der Waals surface area contributed by atoms with Crippen LogP contribution in [0.5, 0.6) is 0 Å². The molecule has 7 heteroatoms. The zero-order valence-corrected chi connectivity index (χ0v) is 11.8. The van der Waals surface area contributed by atoms with E-state index in [1.54, 1.807) is 31.4 Å². The van der Waals surface area contributed by atoms with Crippen LogP contribution in [-0.4, -0.2) is 37.5 Å². The van der Waals surface area contributed by atoms with E-state index >= 15 is 0 Å². The molecular weight excluding hydrogens is 286 g/mol. The van der Waals surface area contributed by atoms with Crippen LogP contribution in [0.15, 0.2) is 29.2 Å². The van der Waals surface area contributed by atoms with E-state index in [0.717, 1.165) is 0 Å². The lowest BCUT2D eigenvalue weighted by molar-refractivity contribution is -0.118. The summed E-state index contributed by atoms with van der Waals surface area (Å²) < 4.78 is 30.1. The van der Waals surface area contributed by atoms with E-state index in [9.17, 15) is 13.6 Å². The van der Waals surface area contributed by atoms with Gasteiger partial charge in [-0.05, 0) is 18.6 Å². The first-order chi connectivity index (χ1) is 9.60. The molecular formula is C13H16F2N2O2S. The molecule has 2 N–H and O–H groups in total. The molecule has 0 aromatic heterocycles. The Morgan fingerprint density at radius 2 is 2.25 bits per heavy atom. The molecule has 2 unspecified atom stereocenters. The molecule has 1 aromatic rings. The molecule has 20 heavy (non-hydrogen) atoms. The Bertz CT molecular complexity index is 473. The smallest absolute Gasteiger partial charge is 0.288 e. The molecule has 0 saturated carbocycles. The number of carbonyl (C=O) groups is 1. The quantitative estimate of drug-likeness (QED) is 0.820. The van der Waals surface area contributed by atoms with Crippen molar-refractivity contribution in [3.63, 3.8) is 0 Å². The SMILES string of the molecule is COC1CNC(C(=O)Nc2ccccc2SC(F)F)C1. The number of methoxy groups -OCH3 is 1. The normalized spacial score (nSPS) is 22.2. The molecule has 1 fully saturated rings. The zero-order valence-electron chi connectivity index (χ0n) is 10.9. The zero-order chi connectivity index (χ0) is 14.5. The van der Waals surface area contributed by atoms with Crippen molar-refractivity contribution in [1.29, 1.82) is 0 Å². The maximum Gasteiger partial charge on any atom is 0.288 e. The lowest BCUT2D eigenvalue weighted by Crippen LogP contribution is -2.35. The second-order valence-corrected chi connectivity index (χ2v) is 5.45. The molecule has 1 aliphatic rings. The van der Waals surface area contributed by atoms with Gasteiger partial charge in [0.25, 0.3) is 5.76 Å². The van der Waals surface area contributed by atoms with Gasteiger partial charge in [-0.3, -0.25) is 4.79 Å². The van der Waals surface area contributed by atoms with Crippen LogP contribution >= 0.6 is 11.8 Å². The molecule has 0 radical (unpaired) electrons. The number of ether oxygens (including phenoxy) is 1. The van der Waals surface area contributed by atoms with Gasteiger partial charge >= 0.3 is 0 Å². The number of amides is 1. The number of nitrogens with one attached hydrogen (secondary N) is 2. The highest BCUT2D eigenvalue weighted by molar-refractivity contribution is 7.99. The Balaban J connectivity index is 2.01. The average molecular weight is 302 g/mol. The van der Waals surface area contributed by atoms with Crippen LogP contribution in [0.2, 0.25) is 0 Å². The number of carbonyl (C=O) groups excluding carboxylic acids is 1. The summed E-state index contributed by atoms with van der Waals surface area (Å²) in [7, 11) is 1.60. The van der Waals surface area contributed by atoms with Gasteiger partial charge in [0.1, 0.15) is 0 Å². The van der Waals surface area contributed by atoms with E-state index in [1.807, 2.05) is 0 Å². The number of rotatable bonds is 5. The van der Waals surface area contributed by atoms with Crippen molar-refractivity contribution >= 4 is 23.4 Å². The van der Waals surface area contributed by atoms with E-state index < -0.39 is 5.76 Å².